The molecule has 0 amide bonds. The van der Waals surface area contributed by atoms with Crippen molar-refractivity contribution >= 4 is 11.9 Å². The van der Waals surface area contributed by atoms with E-state index in [4.69, 9.17) is 9.47 Å². The van der Waals surface area contributed by atoms with Crippen LogP contribution in [0, 0.1) is 6.92 Å². The van der Waals surface area contributed by atoms with E-state index >= 15 is 0 Å². The number of benzene rings is 2. The maximum atomic E-state index is 12.4. The summed E-state index contributed by atoms with van der Waals surface area (Å²) >= 11 is 0. The van der Waals surface area contributed by atoms with E-state index in [-0.39, 0.29) is 5.78 Å². The molecule has 0 saturated heterocycles. The van der Waals surface area contributed by atoms with Gasteiger partial charge in [0.15, 0.2) is 0 Å². The highest BCUT2D eigenvalue weighted by molar-refractivity contribution is 6.05. The molecule has 0 aliphatic heterocycles. The lowest BCUT2D eigenvalue weighted by Gasteiger charge is -2.12. The van der Waals surface area contributed by atoms with Gasteiger partial charge < -0.3 is 9.47 Å². The zero-order chi connectivity index (χ0) is 21.7. The molecule has 30 heavy (non-hydrogen) atoms. The highest BCUT2D eigenvalue weighted by atomic mass is 16.5. The first-order valence-electron chi connectivity index (χ1n) is 10.00. The zero-order valence-electron chi connectivity index (χ0n) is 18.2. The predicted octanol–water partition coefficient (Wildman–Crippen LogP) is 5.34. The summed E-state index contributed by atoms with van der Waals surface area (Å²) in [5.74, 6) is 1.96. The van der Waals surface area contributed by atoms with Gasteiger partial charge in [0.1, 0.15) is 23.8 Å². The van der Waals surface area contributed by atoms with Gasteiger partial charge in [-0.25, -0.2) is 0 Å². The van der Waals surface area contributed by atoms with Crippen LogP contribution in [-0.2, 0) is 13.7 Å². The average molecular weight is 405 g/mol. The molecule has 0 unspecified atom stereocenters. The van der Waals surface area contributed by atoms with E-state index in [0.717, 1.165) is 28.3 Å². The van der Waals surface area contributed by atoms with Crippen LogP contribution < -0.4 is 9.47 Å². The summed E-state index contributed by atoms with van der Waals surface area (Å²) in [7, 11) is 3.41. The van der Waals surface area contributed by atoms with Crippen molar-refractivity contribution in [2.45, 2.75) is 33.3 Å². The van der Waals surface area contributed by atoms with Crippen LogP contribution in [-0.4, -0.2) is 22.7 Å². The Kier molecular flexibility index (Phi) is 6.72. The number of rotatable bonds is 8. The molecule has 5 heteroatoms. The van der Waals surface area contributed by atoms with Crippen molar-refractivity contribution in [1.82, 2.24) is 9.78 Å². The largest absolute Gasteiger partial charge is 0.496 e. The number of methoxy groups -OCH3 is 1. The molecular formula is C25H28N2O3. The van der Waals surface area contributed by atoms with E-state index in [1.807, 2.05) is 37.3 Å². The maximum absolute atomic E-state index is 12.4. The molecule has 0 N–H and O–H groups in total. The van der Waals surface area contributed by atoms with Crippen molar-refractivity contribution in [3.05, 3.63) is 82.7 Å². The van der Waals surface area contributed by atoms with E-state index in [1.165, 1.54) is 5.56 Å². The first-order valence-corrected chi connectivity index (χ1v) is 10.00. The van der Waals surface area contributed by atoms with Crippen LogP contribution in [0.3, 0.4) is 0 Å². The molecule has 1 heterocycles. The SMILES string of the molecule is COc1ccc(/C=C/C(=O)c2cc(C)nn2C)cc1COc1ccc(C(C)C)cc1. The monoisotopic (exact) mass is 404 g/mol. The number of carbonyl (C=O) groups excluding carboxylic acids is 1. The topological polar surface area (TPSA) is 53.3 Å². The fourth-order valence-electron chi connectivity index (χ4n) is 3.22. The van der Waals surface area contributed by atoms with Crippen LogP contribution in [0.5, 0.6) is 11.5 Å². The zero-order valence-corrected chi connectivity index (χ0v) is 18.2. The van der Waals surface area contributed by atoms with Gasteiger partial charge in [0.05, 0.1) is 12.8 Å². The van der Waals surface area contributed by atoms with Gasteiger partial charge in [-0.1, -0.05) is 38.1 Å². The van der Waals surface area contributed by atoms with E-state index in [0.29, 0.717) is 18.2 Å². The van der Waals surface area contributed by atoms with E-state index in [1.54, 1.807) is 37.1 Å². The minimum Gasteiger partial charge on any atom is -0.496 e. The molecule has 2 aromatic carbocycles. The summed E-state index contributed by atoms with van der Waals surface area (Å²) < 4.78 is 13.0. The number of nitrogens with zero attached hydrogens (tertiary/aromatic N) is 2. The van der Waals surface area contributed by atoms with Gasteiger partial charge in [-0.05, 0) is 60.4 Å². The number of hydrogen-bond acceptors (Lipinski definition) is 4. The van der Waals surface area contributed by atoms with Crippen LogP contribution in [0.4, 0.5) is 0 Å². The predicted molar refractivity (Wildman–Crippen MR) is 119 cm³/mol. The Hall–Kier alpha value is -3.34. The Bertz CT molecular complexity index is 1050. The Morgan fingerprint density at radius 1 is 1.13 bits per heavy atom. The summed E-state index contributed by atoms with van der Waals surface area (Å²) in [4.78, 5) is 12.4. The van der Waals surface area contributed by atoms with Gasteiger partial charge in [0.2, 0.25) is 5.78 Å². The van der Waals surface area contributed by atoms with Crippen molar-refractivity contribution in [2.24, 2.45) is 7.05 Å². The van der Waals surface area contributed by atoms with Crippen LogP contribution in [0.25, 0.3) is 6.08 Å². The van der Waals surface area contributed by atoms with Crippen molar-refractivity contribution in [3.63, 3.8) is 0 Å². The van der Waals surface area contributed by atoms with Gasteiger partial charge in [-0.15, -0.1) is 0 Å². The summed E-state index contributed by atoms with van der Waals surface area (Å²) in [5.41, 5.74) is 4.47. The van der Waals surface area contributed by atoms with Gasteiger partial charge in [0.25, 0.3) is 0 Å². The van der Waals surface area contributed by atoms with Gasteiger partial charge in [-0.3, -0.25) is 9.48 Å². The molecule has 0 fully saturated rings. The van der Waals surface area contributed by atoms with E-state index in [2.05, 4.69) is 31.1 Å². The van der Waals surface area contributed by atoms with Gasteiger partial charge >= 0.3 is 0 Å². The molecule has 3 rings (SSSR count). The number of hydrogen-bond donors (Lipinski definition) is 0. The quantitative estimate of drug-likeness (QED) is 0.376. The van der Waals surface area contributed by atoms with E-state index in [9.17, 15) is 4.79 Å². The smallest absolute Gasteiger partial charge is 0.203 e. The molecule has 3 aromatic rings. The first-order chi connectivity index (χ1) is 14.4. The normalized spacial score (nSPS) is 11.3. The summed E-state index contributed by atoms with van der Waals surface area (Å²) in [5, 5.41) is 4.22. The molecular weight excluding hydrogens is 376 g/mol. The lowest BCUT2D eigenvalue weighted by molar-refractivity contribution is 0.103. The van der Waals surface area contributed by atoms with Crippen molar-refractivity contribution in [2.75, 3.05) is 7.11 Å². The summed E-state index contributed by atoms with van der Waals surface area (Å²) in [6.07, 6.45) is 3.36. The average Bonchev–Trinajstić information content (AvgIpc) is 3.08. The lowest BCUT2D eigenvalue weighted by atomic mass is 10.0. The van der Waals surface area contributed by atoms with E-state index < -0.39 is 0 Å². The summed E-state index contributed by atoms with van der Waals surface area (Å²) in [6, 6.07) is 15.7. The minimum atomic E-state index is -0.0861. The highest BCUT2D eigenvalue weighted by Gasteiger charge is 2.09. The Labute approximate surface area is 178 Å². The number of aryl methyl sites for hydroxylation is 2. The van der Waals surface area contributed by atoms with Gasteiger partial charge in [0, 0.05) is 12.6 Å². The second-order valence-corrected chi connectivity index (χ2v) is 7.58. The Morgan fingerprint density at radius 3 is 2.47 bits per heavy atom. The van der Waals surface area contributed by atoms with Crippen molar-refractivity contribution in [1.29, 1.82) is 0 Å². The highest BCUT2D eigenvalue weighted by Crippen LogP contribution is 2.24. The Morgan fingerprint density at radius 2 is 1.87 bits per heavy atom. The standard InChI is InChI=1S/C25H28N2O3/c1-17(2)20-8-10-22(11-9-20)30-16-21-15-19(7-13-25(21)29-5)6-12-24(28)23-14-18(3)26-27(23)4/h6-15,17H,16H2,1-5H3/b12-6+. The maximum Gasteiger partial charge on any atom is 0.203 e. The third-order valence-corrected chi connectivity index (χ3v) is 4.93. The Balaban J connectivity index is 1.73. The number of allylic oxidation sites excluding steroid dienone is 1. The second kappa shape index (κ2) is 9.44. The number of aromatic nitrogens is 2. The van der Waals surface area contributed by atoms with Crippen LogP contribution in [0.15, 0.2) is 54.6 Å². The van der Waals surface area contributed by atoms with Crippen LogP contribution >= 0.6 is 0 Å². The minimum absolute atomic E-state index is 0.0861. The fraction of sp³-hybridized carbons (Fsp3) is 0.280. The third kappa shape index (κ3) is 5.17. The second-order valence-electron chi connectivity index (χ2n) is 7.58. The fourth-order valence-corrected chi connectivity index (χ4v) is 3.22. The molecule has 0 bridgehead atoms. The number of ketones is 1. The van der Waals surface area contributed by atoms with Crippen LogP contribution in [0.2, 0.25) is 0 Å². The molecule has 0 aliphatic rings. The molecule has 0 aliphatic carbocycles. The first kappa shape index (κ1) is 21.4. The van der Waals surface area contributed by atoms with Crippen molar-refractivity contribution in [3.8, 4) is 11.5 Å². The molecule has 0 spiro atoms. The molecule has 5 nitrogen and oxygen atoms in total. The molecule has 0 saturated carbocycles. The third-order valence-electron chi connectivity index (χ3n) is 4.93. The summed E-state index contributed by atoms with van der Waals surface area (Å²) in [6.45, 7) is 6.58. The van der Waals surface area contributed by atoms with Crippen LogP contribution in [0.1, 0.15) is 52.6 Å². The van der Waals surface area contributed by atoms with Gasteiger partial charge in [-0.2, -0.15) is 5.10 Å². The molecule has 156 valence electrons. The number of carbonyl (C=O) groups is 1. The molecule has 1 aromatic heterocycles. The lowest BCUT2D eigenvalue weighted by Crippen LogP contribution is -2.04. The molecule has 0 atom stereocenters. The van der Waals surface area contributed by atoms with Crippen molar-refractivity contribution < 1.29 is 14.3 Å². The molecule has 0 radical (unpaired) electrons. The number of ether oxygens (including phenoxy) is 2.